The molecule has 1 unspecified atom stereocenters. The van der Waals surface area contributed by atoms with Crippen LogP contribution in [0, 0.1) is 13.0 Å². The van der Waals surface area contributed by atoms with Crippen molar-refractivity contribution in [3.8, 4) is 5.75 Å². The molecule has 0 fully saturated rings. The van der Waals surface area contributed by atoms with Gasteiger partial charge in [-0.2, -0.15) is 0 Å². The second-order valence-electron chi connectivity index (χ2n) is 4.31. The molecule has 0 aliphatic carbocycles. The van der Waals surface area contributed by atoms with Gasteiger partial charge in [0.1, 0.15) is 17.7 Å². The first kappa shape index (κ1) is 16.0. The summed E-state index contributed by atoms with van der Waals surface area (Å²) in [6, 6.07) is 12.9. The molecule has 0 saturated heterocycles. The molecule has 0 aliphatic rings. The fraction of sp³-hybridized carbons (Fsp3) is 0.200. The minimum absolute atomic E-state index is 0.249. The predicted octanol–water partition coefficient (Wildman–Crippen LogP) is 4.50. The Morgan fingerprint density at radius 3 is 2.50 bits per heavy atom. The molecule has 5 heteroatoms. The topological polar surface area (TPSA) is 35.2 Å². The van der Waals surface area contributed by atoms with E-state index in [0.29, 0.717) is 18.5 Å². The van der Waals surface area contributed by atoms with Crippen LogP contribution in [-0.4, -0.2) is 6.54 Å². The molecule has 0 spiro atoms. The van der Waals surface area contributed by atoms with Gasteiger partial charge in [0.15, 0.2) is 0 Å². The van der Waals surface area contributed by atoms with Gasteiger partial charge in [0.2, 0.25) is 0 Å². The van der Waals surface area contributed by atoms with Crippen molar-refractivity contribution in [3.63, 3.8) is 0 Å². The second kappa shape index (κ2) is 7.56. The molecule has 1 atom stereocenters. The van der Waals surface area contributed by atoms with E-state index in [1.54, 1.807) is 6.07 Å². The van der Waals surface area contributed by atoms with Crippen LogP contribution in [-0.2, 0) is 0 Å². The van der Waals surface area contributed by atoms with E-state index in [-0.39, 0.29) is 11.9 Å². The van der Waals surface area contributed by atoms with Crippen LogP contribution in [0.15, 0.2) is 42.5 Å². The largest absolute Gasteiger partial charge is 0.486 e. The maximum absolute atomic E-state index is 14.1. The molecular weight excluding hydrogens is 483 g/mol. The Hall–Kier alpha value is -0.410. The molecule has 0 bridgehead atoms. The predicted molar refractivity (Wildman–Crippen MR) is 95.3 cm³/mol. The highest BCUT2D eigenvalue weighted by Gasteiger charge is 2.17. The zero-order chi connectivity index (χ0) is 14.5. The van der Waals surface area contributed by atoms with Gasteiger partial charge in [-0.3, -0.25) is 0 Å². The summed E-state index contributed by atoms with van der Waals surface area (Å²) in [6.07, 6.45) is 0.207. The van der Waals surface area contributed by atoms with Crippen molar-refractivity contribution in [1.82, 2.24) is 0 Å². The van der Waals surface area contributed by atoms with Crippen LogP contribution in [0.1, 0.15) is 18.1 Å². The number of nitrogens with two attached hydrogens (primary N) is 1. The molecule has 0 aromatic heterocycles. The molecule has 0 saturated carbocycles. The smallest absolute Gasteiger partial charge is 0.131 e. The molecule has 0 amide bonds. The van der Waals surface area contributed by atoms with E-state index in [2.05, 4.69) is 45.2 Å². The van der Waals surface area contributed by atoms with Gasteiger partial charge >= 0.3 is 0 Å². The van der Waals surface area contributed by atoms with E-state index >= 15 is 0 Å². The SMILES string of the molecule is NCCC(Oc1cccc(I)c1)c1ccc(I)cc1F. The highest BCUT2D eigenvalue weighted by atomic mass is 127. The zero-order valence-electron chi connectivity index (χ0n) is 10.7. The molecule has 2 aromatic rings. The summed E-state index contributed by atoms with van der Waals surface area (Å²) in [5.41, 5.74) is 6.18. The summed E-state index contributed by atoms with van der Waals surface area (Å²) in [6.45, 7) is 0.444. The lowest BCUT2D eigenvalue weighted by Gasteiger charge is -2.20. The third-order valence-electron chi connectivity index (χ3n) is 2.81. The normalized spacial score (nSPS) is 12.2. The molecule has 0 heterocycles. The maximum atomic E-state index is 14.1. The van der Waals surface area contributed by atoms with Gasteiger partial charge in [-0.25, -0.2) is 4.39 Å². The van der Waals surface area contributed by atoms with E-state index in [4.69, 9.17) is 10.5 Å². The molecular formula is C15H14FI2NO. The average molecular weight is 497 g/mol. The lowest BCUT2D eigenvalue weighted by molar-refractivity contribution is 0.192. The highest BCUT2D eigenvalue weighted by molar-refractivity contribution is 14.1. The minimum atomic E-state index is -0.366. The first-order valence-electron chi connectivity index (χ1n) is 6.17. The number of hydrogen-bond acceptors (Lipinski definition) is 2. The molecule has 20 heavy (non-hydrogen) atoms. The van der Waals surface area contributed by atoms with Gasteiger partial charge in [0.25, 0.3) is 0 Å². The Bertz CT molecular complexity index is 592. The Balaban J connectivity index is 2.26. The number of ether oxygens (including phenoxy) is 1. The van der Waals surface area contributed by atoms with Crippen molar-refractivity contribution in [3.05, 3.63) is 61.0 Å². The Kier molecular flexibility index (Phi) is 6.03. The number of halogens is 3. The first-order chi connectivity index (χ1) is 9.60. The van der Waals surface area contributed by atoms with Crippen molar-refractivity contribution < 1.29 is 9.13 Å². The summed E-state index contributed by atoms with van der Waals surface area (Å²) < 4.78 is 21.9. The van der Waals surface area contributed by atoms with Crippen LogP contribution in [0.5, 0.6) is 5.75 Å². The molecule has 0 aliphatic heterocycles. The molecule has 0 radical (unpaired) electrons. The molecule has 106 valence electrons. The van der Waals surface area contributed by atoms with E-state index in [1.807, 2.05) is 30.3 Å². The number of rotatable bonds is 5. The van der Waals surface area contributed by atoms with Crippen molar-refractivity contribution in [2.75, 3.05) is 6.54 Å². The highest BCUT2D eigenvalue weighted by Crippen LogP contribution is 2.28. The second-order valence-corrected chi connectivity index (χ2v) is 6.80. The Labute approximate surface area is 145 Å². The summed E-state index contributed by atoms with van der Waals surface area (Å²) in [5, 5.41) is 0. The lowest BCUT2D eigenvalue weighted by Crippen LogP contribution is -2.14. The van der Waals surface area contributed by atoms with Crippen molar-refractivity contribution in [1.29, 1.82) is 0 Å². The number of hydrogen-bond donors (Lipinski definition) is 1. The van der Waals surface area contributed by atoms with Crippen LogP contribution in [0.25, 0.3) is 0 Å². The Morgan fingerprint density at radius 1 is 1.10 bits per heavy atom. The van der Waals surface area contributed by atoms with E-state index in [9.17, 15) is 4.39 Å². The monoisotopic (exact) mass is 497 g/mol. The van der Waals surface area contributed by atoms with E-state index < -0.39 is 0 Å². The average Bonchev–Trinajstić information content (AvgIpc) is 2.38. The Morgan fingerprint density at radius 2 is 1.85 bits per heavy atom. The quantitative estimate of drug-likeness (QED) is 0.618. The van der Waals surface area contributed by atoms with Crippen molar-refractivity contribution in [2.24, 2.45) is 5.73 Å². The van der Waals surface area contributed by atoms with Gasteiger partial charge in [-0.1, -0.05) is 12.1 Å². The van der Waals surface area contributed by atoms with Gasteiger partial charge in [-0.05, 0) is 82.1 Å². The molecule has 2 aromatic carbocycles. The van der Waals surface area contributed by atoms with Crippen LogP contribution >= 0.6 is 45.2 Å². The molecule has 2 nitrogen and oxygen atoms in total. The van der Waals surface area contributed by atoms with Crippen molar-refractivity contribution >= 4 is 45.2 Å². The van der Waals surface area contributed by atoms with Gasteiger partial charge in [-0.15, -0.1) is 0 Å². The van der Waals surface area contributed by atoms with E-state index in [0.717, 1.165) is 12.9 Å². The van der Waals surface area contributed by atoms with Gasteiger partial charge in [0.05, 0.1) is 0 Å². The third kappa shape index (κ3) is 4.29. The standard InChI is InChI=1S/C15H14FI2NO/c16-14-9-11(18)4-5-13(14)15(6-7-19)20-12-3-1-2-10(17)8-12/h1-5,8-9,15H,6-7,19H2. The minimum Gasteiger partial charge on any atom is -0.486 e. The van der Waals surface area contributed by atoms with Crippen LogP contribution in [0.4, 0.5) is 4.39 Å². The summed E-state index contributed by atoms with van der Waals surface area (Å²) >= 11 is 4.31. The summed E-state index contributed by atoms with van der Waals surface area (Å²) in [5.74, 6) is 0.481. The summed E-state index contributed by atoms with van der Waals surface area (Å²) in [4.78, 5) is 0. The van der Waals surface area contributed by atoms with Crippen LogP contribution < -0.4 is 10.5 Å². The number of benzene rings is 2. The van der Waals surface area contributed by atoms with Gasteiger partial charge in [0, 0.05) is 19.1 Å². The maximum Gasteiger partial charge on any atom is 0.131 e. The lowest BCUT2D eigenvalue weighted by atomic mass is 10.1. The van der Waals surface area contributed by atoms with Gasteiger partial charge < -0.3 is 10.5 Å². The van der Waals surface area contributed by atoms with Crippen LogP contribution in [0.2, 0.25) is 0 Å². The molecule has 2 N–H and O–H groups in total. The van der Waals surface area contributed by atoms with Crippen LogP contribution in [0.3, 0.4) is 0 Å². The molecule has 2 rings (SSSR count). The zero-order valence-corrected chi connectivity index (χ0v) is 15.0. The third-order valence-corrected chi connectivity index (χ3v) is 4.15. The summed E-state index contributed by atoms with van der Waals surface area (Å²) in [7, 11) is 0. The van der Waals surface area contributed by atoms with Crippen molar-refractivity contribution in [2.45, 2.75) is 12.5 Å². The fourth-order valence-corrected chi connectivity index (χ4v) is 2.86. The fourth-order valence-electron chi connectivity index (χ4n) is 1.90. The first-order valence-corrected chi connectivity index (χ1v) is 8.33. The van der Waals surface area contributed by atoms with E-state index in [1.165, 1.54) is 6.07 Å².